The van der Waals surface area contributed by atoms with Crippen LogP contribution in [0.5, 0.6) is 0 Å². The Bertz CT molecular complexity index is 1180. The number of carbonyl (C=O) groups excluding carboxylic acids is 2. The van der Waals surface area contributed by atoms with Crippen molar-refractivity contribution >= 4 is 40.6 Å². The first-order valence-electron chi connectivity index (χ1n) is 9.72. The molecule has 0 bridgehead atoms. The van der Waals surface area contributed by atoms with E-state index in [0.717, 1.165) is 15.5 Å². The summed E-state index contributed by atoms with van der Waals surface area (Å²) < 4.78 is 0. The highest BCUT2D eigenvalue weighted by Crippen LogP contribution is 2.42. The third kappa shape index (κ3) is 4.29. The number of hydrogen-bond donors (Lipinski definition) is 1. The van der Waals surface area contributed by atoms with Crippen molar-refractivity contribution in [3.63, 3.8) is 0 Å². The topological polar surface area (TPSA) is 92.6 Å². The van der Waals surface area contributed by atoms with Crippen LogP contribution in [-0.2, 0) is 11.2 Å². The predicted octanol–water partition coefficient (Wildman–Crippen LogP) is 4.91. The quantitative estimate of drug-likeness (QED) is 0.456. The summed E-state index contributed by atoms with van der Waals surface area (Å²) in [7, 11) is 0. The van der Waals surface area contributed by atoms with Crippen molar-refractivity contribution in [2.24, 2.45) is 0 Å². The van der Waals surface area contributed by atoms with Gasteiger partial charge in [0.1, 0.15) is 0 Å². The van der Waals surface area contributed by atoms with Gasteiger partial charge in [0.25, 0.3) is 11.6 Å². The number of non-ortho nitro benzene ring substituents is 1. The van der Waals surface area contributed by atoms with Crippen molar-refractivity contribution in [1.82, 2.24) is 0 Å². The van der Waals surface area contributed by atoms with Crippen LogP contribution < -0.4 is 10.2 Å². The third-order valence-corrected chi connectivity index (χ3v) is 6.07. The molecule has 4 rings (SSSR count). The van der Waals surface area contributed by atoms with E-state index in [9.17, 15) is 19.7 Å². The summed E-state index contributed by atoms with van der Waals surface area (Å²) in [5.41, 5.74) is 2.77. The number of anilines is 2. The number of rotatable bonds is 5. The standard InChI is InChI=1S/C23H19N3O4S/c1-2-25-19-12-9-16(14-21(19)31-20-6-4-3-5-18(20)23(25)28)24-22(27)13-15-7-10-17(11-8-15)26(29)30/h3-12,14H,2,13H2,1H3,(H,24,27). The van der Waals surface area contributed by atoms with Crippen LogP contribution in [0.2, 0.25) is 0 Å². The molecule has 156 valence electrons. The number of nitro groups is 1. The summed E-state index contributed by atoms with van der Waals surface area (Å²) in [4.78, 5) is 39.2. The van der Waals surface area contributed by atoms with Crippen LogP contribution in [0, 0.1) is 10.1 Å². The predicted molar refractivity (Wildman–Crippen MR) is 120 cm³/mol. The Morgan fingerprint density at radius 1 is 1.06 bits per heavy atom. The molecule has 0 fully saturated rings. The van der Waals surface area contributed by atoms with Gasteiger partial charge in [-0.2, -0.15) is 0 Å². The van der Waals surface area contributed by atoms with Gasteiger partial charge in [0.15, 0.2) is 0 Å². The van der Waals surface area contributed by atoms with Gasteiger partial charge in [0, 0.05) is 34.2 Å². The fourth-order valence-corrected chi connectivity index (χ4v) is 4.56. The summed E-state index contributed by atoms with van der Waals surface area (Å²) in [6, 6.07) is 18.9. The van der Waals surface area contributed by atoms with Crippen LogP contribution in [0.15, 0.2) is 76.5 Å². The van der Waals surface area contributed by atoms with E-state index < -0.39 is 4.92 Å². The van der Waals surface area contributed by atoms with Crippen molar-refractivity contribution in [2.75, 3.05) is 16.8 Å². The Labute approximate surface area is 183 Å². The zero-order valence-electron chi connectivity index (χ0n) is 16.7. The lowest BCUT2D eigenvalue weighted by atomic mass is 10.1. The van der Waals surface area contributed by atoms with Crippen LogP contribution in [0.3, 0.4) is 0 Å². The second-order valence-electron chi connectivity index (χ2n) is 6.98. The van der Waals surface area contributed by atoms with E-state index in [1.807, 2.05) is 43.3 Å². The Balaban J connectivity index is 1.55. The maximum atomic E-state index is 13.0. The number of nitrogens with zero attached hydrogens (tertiary/aromatic N) is 2. The minimum atomic E-state index is -0.473. The fraction of sp³-hybridized carbons (Fsp3) is 0.130. The minimum Gasteiger partial charge on any atom is -0.326 e. The molecule has 7 nitrogen and oxygen atoms in total. The average Bonchev–Trinajstić information content (AvgIpc) is 2.87. The smallest absolute Gasteiger partial charge is 0.269 e. The number of fused-ring (bicyclic) bond motifs is 2. The normalized spacial score (nSPS) is 12.5. The molecule has 31 heavy (non-hydrogen) atoms. The molecule has 2 amide bonds. The van der Waals surface area contributed by atoms with Gasteiger partial charge < -0.3 is 10.2 Å². The van der Waals surface area contributed by atoms with Crippen molar-refractivity contribution in [3.8, 4) is 0 Å². The van der Waals surface area contributed by atoms with Crippen LogP contribution in [0.4, 0.5) is 17.1 Å². The average molecular weight is 433 g/mol. The highest BCUT2D eigenvalue weighted by Gasteiger charge is 2.26. The lowest BCUT2D eigenvalue weighted by Crippen LogP contribution is -2.30. The summed E-state index contributed by atoms with van der Waals surface area (Å²) in [5, 5.41) is 13.6. The minimum absolute atomic E-state index is 0.0118. The molecule has 1 N–H and O–H groups in total. The number of nitrogens with one attached hydrogen (secondary N) is 1. The number of carbonyl (C=O) groups is 2. The largest absolute Gasteiger partial charge is 0.326 e. The van der Waals surface area contributed by atoms with E-state index >= 15 is 0 Å². The SMILES string of the molecule is CCN1C(=O)c2ccccc2Sc2cc(NC(=O)Cc3ccc([N+](=O)[O-])cc3)ccc21. The third-order valence-electron chi connectivity index (χ3n) is 4.94. The van der Waals surface area contributed by atoms with E-state index in [2.05, 4.69) is 5.32 Å². The molecule has 1 aliphatic heterocycles. The van der Waals surface area contributed by atoms with Crippen LogP contribution >= 0.6 is 11.8 Å². The highest BCUT2D eigenvalue weighted by molar-refractivity contribution is 7.99. The molecule has 0 saturated carbocycles. The molecule has 3 aromatic rings. The van der Waals surface area contributed by atoms with Crippen molar-refractivity contribution < 1.29 is 14.5 Å². The van der Waals surface area contributed by atoms with Gasteiger partial charge in [-0.15, -0.1) is 0 Å². The van der Waals surface area contributed by atoms with E-state index in [1.165, 1.54) is 23.9 Å². The van der Waals surface area contributed by atoms with E-state index in [4.69, 9.17) is 0 Å². The maximum absolute atomic E-state index is 13.0. The summed E-state index contributed by atoms with van der Waals surface area (Å²) in [6.45, 7) is 2.47. The van der Waals surface area contributed by atoms with Crippen LogP contribution in [0.1, 0.15) is 22.8 Å². The first-order chi connectivity index (χ1) is 15.0. The maximum Gasteiger partial charge on any atom is 0.269 e. The van der Waals surface area contributed by atoms with Gasteiger partial charge in [-0.3, -0.25) is 19.7 Å². The van der Waals surface area contributed by atoms with Gasteiger partial charge in [-0.05, 0) is 42.8 Å². The molecule has 1 aliphatic rings. The number of hydrogen-bond acceptors (Lipinski definition) is 5. The lowest BCUT2D eigenvalue weighted by Gasteiger charge is -2.21. The Morgan fingerprint density at radius 2 is 1.81 bits per heavy atom. The monoisotopic (exact) mass is 433 g/mol. The van der Waals surface area contributed by atoms with Crippen molar-refractivity contribution in [1.29, 1.82) is 0 Å². The zero-order chi connectivity index (χ0) is 22.0. The molecule has 0 unspecified atom stereocenters. The van der Waals surface area contributed by atoms with E-state index in [1.54, 1.807) is 23.1 Å². The summed E-state index contributed by atoms with van der Waals surface area (Å²) in [6.07, 6.45) is 0.102. The molecule has 0 spiro atoms. The molecular weight excluding hydrogens is 414 g/mol. The van der Waals surface area contributed by atoms with Crippen LogP contribution in [0.25, 0.3) is 0 Å². The van der Waals surface area contributed by atoms with E-state index in [0.29, 0.717) is 23.4 Å². The van der Waals surface area contributed by atoms with Crippen molar-refractivity contribution in [2.45, 2.75) is 23.1 Å². The second-order valence-corrected chi connectivity index (χ2v) is 8.06. The van der Waals surface area contributed by atoms with Crippen LogP contribution in [-0.4, -0.2) is 23.3 Å². The molecule has 0 aliphatic carbocycles. The van der Waals surface area contributed by atoms with Gasteiger partial charge >= 0.3 is 0 Å². The van der Waals surface area contributed by atoms with Gasteiger partial charge in [0.2, 0.25) is 5.91 Å². The molecular formula is C23H19N3O4S. The molecule has 0 radical (unpaired) electrons. The molecule has 8 heteroatoms. The summed E-state index contributed by atoms with van der Waals surface area (Å²) >= 11 is 1.50. The molecule has 3 aromatic carbocycles. The molecule has 0 aromatic heterocycles. The van der Waals surface area contributed by atoms with Crippen molar-refractivity contribution in [3.05, 3.63) is 88.0 Å². The van der Waals surface area contributed by atoms with Gasteiger partial charge in [-0.1, -0.05) is 36.0 Å². The Morgan fingerprint density at radius 3 is 2.52 bits per heavy atom. The molecule has 1 heterocycles. The number of nitro benzene ring substituents is 1. The zero-order valence-corrected chi connectivity index (χ0v) is 17.5. The summed E-state index contributed by atoms with van der Waals surface area (Å²) in [5.74, 6) is -0.268. The molecule has 0 saturated heterocycles. The van der Waals surface area contributed by atoms with E-state index in [-0.39, 0.29) is 23.9 Å². The van der Waals surface area contributed by atoms with Gasteiger partial charge in [-0.25, -0.2) is 0 Å². The first-order valence-corrected chi connectivity index (χ1v) is 10.5. The Kier molecular flexibility index (Phi) is 5.73. The van der Waals surface area contributed by atoms with Gasteiger partial charge in [0.05, 0.1) is 22.6 Å². The molecule has 0 atom stereocenters. The fourth-order valence-electron chi connectivity index (χ4n) is 3.44. The Hall–Kier alpha value is -3.65. The number of amides is 2. The lowest BCUT2D eigenvalue weighted by molar-refractivity contribution is -0.384. The number of benzene rings is 3. The second kappa shape index (κ2) is 8.61. The first kappa shape index (κ1) is 20.6. The highest BCUT2D eigenvalue weighted by atomic mass is 32.2.